The van der Waals surface area contributed by atoms with Crippen LogP contribution in [0.2, 0.25) is 0 Å². The van der Waals surface area contributed by atoms with Crippen LogP contribution >= 0.6 is 0 Å². The van der Waals surface area contributed by atoms with Crippen LogP contribution < -0.4 is 15.1 Å². The highest BCUT2D eigenvalue weighted by Crippen LogP contribution is 2.48. The van der Waals surface area contributed by atoms with Crippen LogP contribution in [0, 0.1) is 0 Å². The summed E-state index contributed by atoms with van der Waals surface area (Å²) in [6.45, 7) is 6.67. The van der Waals surface area contributed by atoms with Crippen LogP contribution in [0.5, 0.6) is 17.2 Å². The van der Waals surface area contributed by atoms with Crippen LogP contribution in [-0.2, 0) is 4.74 Å². The topological polar surface area (TPSA) is 139 Å². The monoisotopic (exact) mass is 508 g/mol. The van der Waals surface area contributed by atoms with Gasteiger partial charge in [-0.15, -0.1) is 0 Å². The fourth-order valence-corrected chi connectivity index (χ4v) is 5.28. The third kappa shape index (κ3) is 3.58. The molecule has 0 bridgehead atoms. The number of benzene rings is 3. The number of phenolic OH excluding ortho intramolecular Hbond substituents is 1. The van der Waals surface area contributed by atoms with Crippen molar-refractivity contribution < 1.29 is 39.1 Å². The van der Waals surface area contributed by atoms with Crippen LogP contribution in [-0.4, -0.2) is 58.6 Å². The molecule has 1 aliphatic rings. The molecule has 3 aromatic carbocycles. The Bertz CT molecular complexity index is 1620. The molecule has 0 aliphatic carbocycles. The molecule has 9 heteroatoms. The zero-order valence-corrected chi connectivity index (χ0v) is 20.8. The number of hydrogen-bond donors (Lipinski definition) is 4. The number of ether oxygens (including phenoxy) is 3. The Morgan fingerprint density at radius 2 is 1.68 bits per heavy atom. The van der Waals surface area contributed by atoms with E-state index in [1.807, 2.05) is 0 Å². The minimum absolute atomic E-state index is 0.109. The van der Waals surface area contributed by atoms with E-state index in [2.05, 4.69) is 6.58 Å². The summed E-state index contributed by atoms with van der Waals surface area (Å²) in [7, 11) is 2.93. The summed E-state index contributed by atoms with van der Waals surface area (Å²) in [5, 5.41) is 44.9. The van der Waals surface area contributed by atoms with Crippen molar-refractivity contribution >= 4 is 38.6 Å². The smallest absolute Gasteiger partial charge is 0.344 e. The normalized spacial score (nSPS) is 26.0. The van der Waals surface area contributed by atoms with E-state index in [1.165, 1.54) is 33.3 Å². The zero-order valence-electron chi connectivity index (χ0n) is 20.8. The maximum Gasteiger partial charge on any atom is 0.344 e. The maximum atomic E-state index is 13.3. The molecule has 37 heavy (non-hydrogen) atoms. The standard InChI is InChI=1S/C28H28O9/c1-6-13-9-16-20(18(10-13)34-4)15-11-19(35-5)22-17(29)8-7-14(21(22)23(15)37-27(16)32)24-26(31)28(3,33)25(30)12(2)36-24/h6-12,24-26,29-31,33H,1H2,2-5H3/t12-,24-,25+,26+,28+/m0/s1. The first-order valence-electron chi connectivity index (χ1n) is 11.7. The van der Waals surface area contributed by atoms with E-state index in [1.54, 1.807) is 31.2 Å². The highest BCUT2D eigenvalue weighted by atomic mass is 16.5. The van der Waals surface area contributed by atoms with Crippen LogP contribution in [0.25, 0.3) is 38.6 Å². The van der Waals surface area contributed by atoms with E-state index < -0.39 is 35.6 Å². The van der Waals surface area contributed by atoms with Crippen molar-refractivity contribution in [1.29, 1.82) is 0 Å². The molecule has 4 aromatic rings. The lowest BCUT2D eigenvalue weighted by atomic mass is 9.80. The predicted octanol–water partition coefficient (Wildman–Crippen LogP) is 3.40. The Morgan fingerprint density at radius 1 is 1.00 bits per heavy atom. The predicted molar refractivity (Wildman–Crippen MR) is 138 cm³/mol. The highest BCUT2D eigenvalue weighted by Gasteiger charge is 2.51. The fraction of sp³-hybridized carbons (Fsp3) is 0.321. The number of methoxy groups -OCH3 is 2. The summed E-state index contributed by atoms with van der Waals surface area (Å²) < 4.78 is 23.1. The molecule has 1 aliphatic heterocycles. The molecule has 1 aromatic heterocycles. The molecule has 1 saturated heterocycles. The van der Waals surface area contributed by atoms with Crippen molar-refractivity contribution in [3.8, 4) is 17.2 Å². The van der Waals surface area contributed by atoms with Gasteiger partial charge in [-0.1, -0.05) is 18.7 Å². The minimum atomic E-state index is -1.90. The third-order valence-electron chi connectivity index (χ3n) is 7.29. The van der Waals surface area contributed by atoms with Crippen LogP contribution in [0.3, 0.4) is 0 Å². The van der Waals surface area contributed by atoms with Gasteiger partial charge in [-0.25, -0.2) is 4.79 Å². The van der Waals surface area contributed by atoms with Gasteiger partial charge in [-0.2, -0.15) is 0 Å². The Kier molecular flexibility index (Phi) is 5.91. The third-order valence-corrected chi connectivity index (χ3v) is 7.29. The molecule has 2 heterocycles. The van der Waals surface area contributed by atoms with Crippen molar-refractivity contribution in [1.82, 2.24) is 0 Å². The average molecular weight is 509 g/mol. The van der Waals surface area contributed by atoms with Crippen LogP contribution in [0.15, 0.2) is 46.1 Å². The van der Waals surface area contributed by atoms with Crippen molar-refractivity contribution in [2.24, 2.45) is 0 Å². The van der Waals surface area contributed by atoms with Crippen molar-refractivity contribution in [2.75, 3.05) is 14.2 Å². The summed E-state index contributed by atoms with van der Waals surface area (Å²) in [6.07, 6.45) is -3.29. The van der Waals surface area contributed by atoms with Gasteiger partial charge >= 0.3 is 5.63 Å². The zero-order chi connectivity index (χ0) is 26.8. The molecule has 0 unspecified atom stereocenters. The average Bonchev–Trinajstić information content (AvgIpc) is 2.89. The van der Waals surface area contributed by atoms with Gasteiger partial charge in [-0.05, 0) is 49.2 Å². The Hall–Kier alpha value is -3.63. The summed E-state index contributed by atoms with van der Waals surface area (Å²) in [5.74, 6) is 0.526. The largest absolute Gasteiger partial charge is 0.507 e. The highest BCUT2D eigenvalue weighted by molar-refractivity contribution is 6.19. The molecule has 1 fully saturated rings. The lowest BCUT2D eigenvalue weighted by Gasteiger charge is -2.46. The Morgan fingerprint density at radius 3 is 2.32 bits per heavy atom. The fourth-order valence-electron chi connectivity index (χ4n) is 5.28. The first-order chi connectivity index (χ1) is 17.5. The number of aliphatic hydroxyl groups excluding tert-OH is 2. The number of aliphatic hydroxyl groups is 3. The molecule has 9 nitrogen and oxygen atoms in total. The van der Waals surface area contributed by atoms with E-state index >= 15 is 0 Å². The van der Waals surface area contributed by atoms with Crippen molar-refractivity contribution in [3.05, 3.63) is 58.5 Å². The molecular weight excluding hydrogens is 480 g/mol. The quantitative estimate of drug-likeness (QED) is 0.241. The molecule has 5 rings (SSSR count). The van der Waals surface area contributed by atoms with Crippen LogP contribution in [0.4, 0.5) is 0 Å². The van der Waals surface area contributed by atoms with E-state index in [9.17, 15) is 25.2 Å². The Labute approximate surface area is 211 Å². The van der Waals surface area contributed by atoms with E-state index in [0.29, 0.717) is 27.6 Å². The molecule has 5 atom stereocenters. The molecular formula is C28H28O9. The van der Waals surface area contributed by atoms with Gasteiger partial charge in [0.25, 0.3) is 0 Å². The summed E-state index contributed by atoms with van der Waals surface area (Å²) >= 11 is 0. The molecule has 4 N–H and O–H groups in total. The van der Waals surface area contributed by atoms with Gasteiger partial charge in [0.05, 0.1) is 31.1 Å². The van der Waals surface area contributed by atoms with Crippen molar-refractivity contribution in [2.45, 2.75) is 43.9 Å². The lowest BCUT2D eigenvalue weighted by molar-refractivity contribution is -0.261. The minimum Gasteiger partial charge on any atom is -0.507 e. The van der Waals surface area contributed by atoms with E-state index in [0.717, 1.165) is 0 Å². The number of hydrogen-bond acceptors (Lipinski definition) is 9. The van der Waals surface area contributed by atoms with Gasteiger partial charge in [0.2, 0.25) is 0 Å². The molecule has 0 spiro atoms. The van der Waals surface area contributed by atoms with E-state index in [-0.39, 0.29) is 33.2 Å². The number of rotatable bonds is 4. The second-order valence-corrected chi connectivity index (χ2v) is 9.50. The second-order valence-electron chi connectivity index (χ2n) is 9.50. The first kappa shape index (κ1) is 25.0. The molecule has 194 valence electrons. The summed E-state index contributed by atoms with van der Waals surface area (Å²) in [4.78, 5) is 13.3. The van der Waals surface area contributed by atoms with Crippen molar-refractivity contribution in [3.63, 3.8) is 0 Å². The SMILES string of the molecule is C=Cc1cc(OC)c2c(c1)c(=O)oc1c2cc(OC)c2c(O)ccc([C@@H]3O[C@@H](C)[C@@H](O)[C@@](C)(O)[C@@H]3O)c21. The van der Waals surface area contributed by atoms with Gasteiger partial charge < -0.3 is 39.1 Å². The molecule has 0 amide bonds. The molecule has 0 saturated carbocycles. The summed E-state index contributed by atoms with van der Waals surface area (Å²) in [5.41, 5.74) is -1.45. The van der Waals surface area contributed by atoms with Gasteiger partial charge in [0, 0.05) is 16.2 Å². The van der Waals surface area contributed by atoms with E-state index in [4.69, 9.17) is 18.6 Å². The molecule has 0 radical (unpaired) electrons. The van der Waals surface area contributed by atoms with Gasteiger partial charge in [0.15, 0.2) is 0 Å². The lowest BCUT2D eigenvalue weighted by Crippen LogP contribution is -2.61. The van der Waals surface area contributed by atoms with Gasteiger partial charge in [0.1, 0.15) is 46.7 Å². The first-order valence-corrected chi connectivity index (χ1v) is 11.7. The number of fused-ring (bicyclic) bond motifs is 5. The second kappa shape index (κ2) is 8.74. The Balaban J connectivity index is 1.97. The summed E-state index contributed by atoms with van der Waals surface area (Å²) in [6, 6.07) is 7.95. The van der Waals surface area contributed by atoms with Gasteiger partial charge in [-0.3, -0.25) is 0 Å². The number of phenols is 1. The number of aromatic hydroxyl groups is 1. The van der Waals surface area contributed by atoms with Crippen LogP contribution in [0.1, 0.15) is 31.1 Å². The maximum absolute atomic E-state index is 13.3.